The van der Waals surface area contributed by atoms with E-state index in [9.17, 15) is 0 Å². The standard InChI is InChI=1S/C21H18N2/c1-14-7-10-17(11-8-14)23-20-13-15(2)22-21-18-6-4-3-5-16(18)9-12-19(20)21/h3-13H,1-2H3,(H,22,23)/p+1. The summed E-state index contributed by atoms with van der Waals surface area (Å²) in [5.74, 6) is 0. The first kappa shape index (κ1) is 13.9. The lowest BCUT2D eigenvalue weighted by Crippen LogP contribution is -2.71. The van der Waals surface area contributed by atoms with Gasteiger partial charge in [0.1, 0.15) is 11.4 Å². The van der Waals surface area contributed by atoms with Crippen LogP contribution in [0.4, 0.5) is 11.4 Å². The van der Waals surface area contributed by atoms with E-state index >= 15 is 0 Å². The molecular weight excluding hydrogens is 280 g/mol. The second-order valence-corrected chi connectivity index (χ2v) is 6.09. The molecule has 0 saturated heterocycles. The van der Waals surface area contributed by atoms with Crippen LogP contribution in [0, 0.1) is 13.8 Å². The fourth-order valence-electron chi connectivity index (χ4n) is 3.08. The summed E-state index contributed by atoms with van der Waals surface area (Å²) in [7, 11) is 0. The molecule has 1 aromatic heterocycles. The summed E-state index contributed by atoms with van der Waals surface area (Å²) < 4.78 is 0. The molecule has 0 bridgehead atoms. The predicted molar refractivity (Wildman–Crippen MR) is 96.4 cm³/mol. The topological polar surface area (TPSA) is 29.5 Å². The van der Waals surface area contributed by atoms with Gasteiger partial charge >= 0.3 is 0 Å². The monoisotopic (exact) mass is 299 g/mol. The van der Waals surface area contributed by atoms with Gasteiger partial charge in [-0.05, 0) is 37.4 Å². The Morgan fingerprint density at radius 2 is 1.57 bits per heavy atom. The highest BCUT2D eigenvalue weighted by Gasteiger charge is 2.11. The molecule has 112 valence electrons. The zero-order valence-electron chi connectivity index (χ0n) is 13.4. The van der Waals surface area contributed by atoms with Crippen LogP contribution in [0.15, 0.2) is 66.7 Å². The maximum atomic E-state index is 4.80. The summed E-state index contributed by atoms with van der Waals surface area (Å²) >= 11 is 0. The van der Waals surface area contributed by atoms with Gasteiger partial charge in [0, 0.05) is 17.1 Å². The van der Waals surface area contributed by atoms with Crippen LogP contribution >= 0.6 is 0 Å². The fraction of sp³-hybridized carbons (Fsp3) is 0.0952. The van der Waals surface area contributed by atoms with Crippen molar-refractivity contribution in [3.05, 3.63) is 78.0 Å². The Kier molecular flexibility index (Phi) is 3.32. The van der Waals surface area contributed by atoms with Crippen molar-refractivity contribution < 1.29 is 5.32 Å². The van der Waals surface area contributed by atoms with Gasteiger partial charge in [-0.1, -0.05) is 48.0 Å². The average Bonchev–Trinajstić information content (AvgIpc) is 2.57. The summed E-state index contributed by atoms with van der Waals surface area (Å²) in [6.07, 6.45) is 0. The molecule has 0 atom stereocenters. The summed E-state index contributed by atoms with van der Waals surface area (Å²) in [6.45, 7) is 4.18. The number of rotatable bonds is 2. The Morgan fingerprint density at radius 1 is 0.783 bits per heavy atom. The van der Waals surface area contributed by atoms with E-state index in [0.29, 0.717) is 0 Å². The van der Waals surface area contributed by atoms with Crippen molar-refractivity contribution in [2.45, 2.75) is 13.8 Å². The summed E-state index contributed by atoms with van der Waals surface area (Å²) in [4.78, 5) is 4.80. The Balaban J connectivity index is 1.92. The lowest BCUT2D eigenvalue weighted by molar-refractivity contribution is -0.477. The van der Waals surface area contributed by atoms with Gasteiger partial charge in [-0.3, -0.25) is 10.3 Å². The highest BCUT2D eigenvalue weighted by atomic mass is 14.9. The third-order valence-electron chi connectivity index (χ3n) is 4.26. The predicted octanol–water partition coefficient (Wildman–Crippen LogP) is 4.53. The van der Waals surface area contributed by atoms with E-state index in [1.165, 1.54) is 33.1 Å². The van der Waals surface area contributed by atoms with Gasteiger partial charge in [-0.2, -0.15) is 0 Å². The van der Waals surface area contributed by atoms with Crippen LogP contribution in [-0.2, 0) is 0 Å². The number of nitrogens with two attached hydrogens (primary N) is 1. The normalized spacial score (nSPS) is 11.2. The molecule has 0 spiro atoms. The number of benzene rings is 3. The molecule has 2 nitrogen and oxygen atoms in total. The van der Waals surface area contributed by atoms with Gasteiger partial charge in [0.25, 0.3) is 0 Å². The van der Waals surface area contributed by atoms with Gasteiger partial charge in [-0.15, -0.1) is 0 Å². The largest absolute Gasteiger partial charge is 0.281 e. The van der Waals surface area contributed by atoms with Crippen LogP contribution in [0.3, 0.4) is 0 Å². The molecule has 4 aromatic rings. The van der Waals surface area contributed by atoms with Gasteiger partial charge in [0.2, 0.25) is 0 Å². The molecule has 0 saturated carbocycles. The molecule has 3 aromatic carbocycles. The van der Waals surface area contributed by atoms with Crippen LogP contribution < -0.4 is 5.32 Å². The average molecular weight is 299 g/mol. The van der Waals surface area contributed by atoms with Gasteiger partial charge in [-0.25, -0.2) is 0 Å². The number of hydrogen-bond donors (Lipinski definition) is 1. The number of pyridine rings is 1. The zero-order valence-corrected chi connectivity index (χ0v) is 13.4. The zero-order chi connectivity index (χ0) is 15.8. The fourth-order valence-corrected chi connectivity index (χ4v) is 3.08. The maximum Gasteiger partial charge on any atom is 0.145 e. The molecule has 0 radical (unpaired) electrons. The summed E-state index contributed by atoms with van der Waals surface area (Å²) in [5, 5.41) is 5.90. The number of aryl methyl sites for hydroxylation is 2. The van der Waals surface area contributed by atoms with Crippen molar-refractivity contribution in [1.29, 1.82) is 0 Å². The van der Waals surface area contributed by atoms with Gasteiger partial charge < -0.3 is 0 Å². The molecule has 4 rings (SSSR count). The minimum atomic E-state index is 1.05. The molecular formula is C21H19N2+. The number of hydrogen-bond acceptors (Lipinski definition) is 1. The molecule has 23 heavy (non-hydrogen) atoms. The molecule has 0 unspecified atom stereocenters. The summed E-state index contributed by atoms with van der Waals surface area (Å²) in [5.41, 5.74) is 5.86. The third-order valence-corrected chi connectivity index (χ3v) is 4.26. The van der Waals surface area contributed by atoms with E-state index in [4.69, 9.17) is 4.98 Å². The van der Waals surface area contributed by atoms with Crippen LogP contribution in [0.1, 0.15) is 11.3 Å². The second kappa shape index (κ2) is 5.49. The molecule has 2 N–H and O–H groups in total. The van der Waals surface area contributed by atoms with Crippen LogP contribution in [0.2, 0.25) is 0 Å². The van der Waals surface area contributed by atoms with E-state index in [1.807, 2.05) is 0 Å². The first-order valence-electron chi connectivity index (χ1n) is 7.91. The van der Waals surface area contributed by atoms with Crippen molar-refractivity contribution in [1.82, 2.24) is 4.98 Å². The SMILES string of the molecule is Cc1ccc([NH2+]c2cc(C)nc3c2ccc2ccccc23)cc1. The van der Waals surface area contributed by atoms with E-state index in [0.717, 1.165) is 11.2 Å². The highest BCUT2D eigenvalue weighted by Crippen LogP contribution is 2.28. The third kappa shape index (κ3) is 2.58. The maximum absolute atomic E-state index is 4.80. The second-order valence-electron chi connectivity index (χ2n) is 6.09. The quantitative estimate of drug-likeness (QED) is 0.427. The van der Waals surface area contributed by atoms with Crippen LogP contribution in [-0.4, -0.2) is 4.98 Å². The number of nitrogens with zero attached hydrogens (tertiary/aromatic N) is 1. The van der Waals surface area contributed by atoms with Gasteiger partial charge in [0.15, 0.2) is 0 Å². The molecule has 1 heterocycles. The van der Waals surface area contributed by atoms with Crippen molar-refractivity contribution >= 4 is 33.1 Å². The Morgan fingerprint density at radius 3 is 2.39 bits per heavy atom. The Hall–Kier alpha value is -2.71. The van der Waals surface area contributed by atoms with E-state index in [-0.39, 0.29) is 0 Å². The van der Waals surface area contributed by atoms with Gasteiger partial charge in [0.05, 0.1) is 10.9 Å². The molecule has 0 aliphatic rings. The van der Waals surface area contributed by atoms with E-state index in [2.05, 4.69) is 85.9 Å². The smallest absolute Gasteiger partial charge is 0.145 e. The van der Waals surface area contributed by atoms with E-state index in [1.54, 1.807) is 0 Å². The van der Waals surface area contributed by atoms with Crippen LogP contribution in [0.25, 0.3) is 21.7 Å². The van der Waals surface area contributed by atoms with Crippen molar-refractivity contribution in [3.8, 4) is 0 Å². The molecule has 2 heteroatoms. The number of quaternary nitrogens is 1. The minimum absolute atomic E-state index is 1.05. The molecule has 0 aliphatic carbocycles. The highest BCUT2D eigenvalue weighted by molar-refractivity contribution is 6.08. The molecule has 0 fully saturated rings. The van der Waals surface area contributed by atoms with Crippen molar-refractivity contribution in [2.24, 2.45) is 0 Å². The minimum Gasteiger partial charge on any atom is -0.281 e. The number of aromatic nitrogens is 1. The summed E-state index contributed by atoms with van der Waals surface area (Å²) in [6, 6.07) is 23.6. The van der Waals surface area contributed by atoms with E-state index < -0.39 is 0 Å². The lowest BCUT2D eigenvalue weighted by Gasteiger charge is -2.08. The molecule has 0 aliphatic heterocycles. The van der Waals surface area contributed by atoms with Crippen molar-refractivity contribution in [3.63, 3.8) is 0 Å². The lowest BCUT2D eigenvalue weighted by atomic mass is 10.0. The first-order valence-corrected chi connectivity index (χ1v) is 7.91. The van der Waals surface area contributed by atoms with Crippen molar-refractivity contribution in [2.75, 3.05) is 0 Å². The number of fused-ring (bicyclic) bond motifs is 3. The Labute approximate surface area is 135 Å². The first-order chi connectivity index (χ1) is 11.2. The molecule has 0 amide bonds. The van der Waals surface area contributed by atoms with Crippen LogP contribution in [0.5, 0.6) is 0 Å². The Bertz CT molecular complexity index is 1000.